The van der Waals surface area contributed by atoms with E-state index in [9.17, 15) is 13.8 Å². The van der Waals surface area contributed by atoms with Crippen molar-refractivity contribution >= 4 is 39.1 Å². The maximum atomic E-state index is 14.3. The SMILES string of the molecule is CO[C@H]1/C=C/C[C@H](C)C[S@@](=O)(NC(=O)N[C@@H]2C[C@H]2OC)=NC(=O)c2ccc3c(c2)N(C[C@@H]2CC[C@H]21)C[C@@]1(CCCc2cc(Cl)ccc21)CO3. The van der Waals surface area contributed by atoms with Crippen LogP contribution in [0.3, 0.4) is 0 Å². The van der Waals surface area contributed by atoms with Gasteiger partial charge in [0, 0.05) is 43.3 Å². The Balaban J connectivity index is 1.27. The van der Waals surface area contributed by atoms with Crippen molar-refractivity contribution < 1.29 is 28.0 Å². The lowest BCUT2D eigenvalue weighted by Crippen LogP contribution is -2.49. The highest BCUT2D eigenvalue weighted by Gasteiger charge is 2.44. The molecular weight excluding hydrogens is 664 g/mol. The third kappa shape index (κ3) is 7.22. The second kappa shape index (κ2) is 13.9. The van der Waals surface area contributed by atoms with Crippen molar-refractivity contribution in [1.29, 1.82) is 0 Å². The number of carbonyl (C=O) groups is 2. The molecule has 0 radical (unpaired) electrons. The normalized spacial score (nSPS) is 34.6. The summed E-state index contributed by atoms with van der Waals surface area (Å²) in [4.78, 5) is 29.2. The highest BCUT2D eigenvalue weighted by Crippen LogP contribution is 2.47. The molecule has 2 aromatic carbocycles. The number of hydrogen-bond donors (Lipinski definition) is 2. The molecule has 1 spiro atoms. The van der Waals surface area contributed by atoms with Crippen LogP contribution in [0.1, 0.15) is 66.9 Å². The number of nitrogens with one attached hydrogen (secondary N) is 2. The van der Waals surface area contributed by atoms with Gasteiger partial charge in [0.25, 0.3) is 5.91 Å². The lowest BCUT2D eigenvalue weighted by atomic mass is 9.68. The molecule has 2 N–H and O–H groups in total. The molecule has 3 amide bonds. The number of nitrogens with zero attached hydrogens (tertiary/aromatic N) is 2. The van der Waals surface area contributed by atoms with Crippen LogP contribution in [-0.4, -0.2) is 74.1 Å². The molecular formula is C37H47ClN4O6S. The minimum Gasteiger partial charge on any atom is -0.490 e. The number of allylic oxidation sites excluding steroid dienone is 1. The molecule has 7 rings (SSSR count). The van der Waals surface area contributed by atoms with Crippen LogP contribution >= 0.6 is 11.6 Å². The van der Waals surface area contributed by atoms with E-state index in [1.165, 1.54) is 11.1 Å². The standard InChI is InChI=1S/C37H47ClN4O6S/c1-23-6-4-8-32(46-2)28-12-9-26(28)19-42-21-37(15-5-7-24-16-27(38)11-13-29(24)37)22-48-33-14-10-25(17-31(33)42)35(43)40-49(45,20-23)41-36(44)39-30-18-34(30)47-3/h4,8,10-11,13-14,16-17,23,26,28,30,32,34H,5-7,9,12,15,18-22H2,1-3H3,(H2,39,40,41,43,44,45)/b8-4+/t23-,26-,28+,30+,32-,34+,37-,49-/m0/s1. The van der Waals surface area contributed by atoms with Gasteiger partial charge in [-0.15, -0.1) is 4.36 Å². The molecule has 12 heteroatoms. The van der Waals surface area contributed by atoms with Crippen LogP contribution < -0.4 is 19.7 Å². The number of halogens is 1. The van der Waals surface area contributed by atoms with Crippen molar-refractivity contribution in [2.45, 2.75) is 75.5 Å². The maximum Gasteiger partial charge on any atom is 0.327 e. The summed E-state index contributed by atoms with van der Waals surface area (Å²) >= 11 is 6.45. The summed E-state index contributed by atoms with van der Waals surface area (Å²) in [7, 11) is -0.129. The maximum absolute atomic E-state index is 14.3. The predicted octanol–water partition coefficient (Wildman–Crippen LogP) is 6.06. The van der Waals surface area contributed by atoms with Gasteiger partial charge in [0.15, 0.2) is 0 Å². The lowest BCUT2D eigenvalue weighted by Gasteiger charge is -2.46. The minimum absolute atomic E-state index is 0.0185. The molecule has 2 aromatic rings. The van der Waals surface area contributed by atoms with Gasteiger partial charge >= 0.3 is 6.03 Å². The Kier molecular flexibility index (Phi) is 9.73. The number of anilines is 1. The van der Waals surface area contributed by atoms with Crippen molar-refractivity contribution in [3.05, 3.63) is 70.3 Å². The fraction of sp³-hybridized carbons (Fsp3) is 0.568. The molecule has 0 aromatic heterocycles. The molecule has 3 aliphatic carbocycles. The van der Waals surface area contributed by atoms with Gasteiger partial charge in [-0.05, 0) is 104 Å². The van der Waals surface area contributed by atoms with E-state index in [1.54, 1.807) is 20.3 Å². The van der Waals surface area contributed by atoms with Gasteiger partial charge in [-0.3, -0.25) is 9.52 Å². The molecule has 5 aliphatic rings. The zero-order chi connectivity index (χ0) is 34.3. The van der Waals surface area contributed by atoms with Crippen LogP contribution in [0.4, 0.5) is 10.5 Å². The number of urea groups is 1. The highest BCUT2D eigenvalue weighted by atomic mass is 35.5. The van der Waals surface area contributed by atoms with Crippen LogP contribution in [0.15, 0.2) is 52.9 Å². The Hall–Kier alpha value is -3.12. The Morgan fingerprint density at radius 3 is 2.78 bits per heavy atom. The number of rotatable bonds is 4. The first-order valence-corrected chi connectivity index (χ1v) is 19.6. The van der Waals surface area contributed by atoms with Crippen LogP contribution in [0.25, 0.3) is 0 Å². The van der Waals surface area contributed by atoms with Crippen LogP contribution in [0.2, 0.25) is 5.02 Å². The van der Waals surface area contributed by atoms with Gasteiger partial charge in [0.05, 0.1) is 36.3 Å². The van der Waals surface area contributed by atoms with Crippen molar-refractivity contribution in [3.8, 4) is 5.75 Å². The average molecular weight is 711 g/mol. The van der Waals surface area contributed by atoms with E-state index < -0.39 is 21.9 Å². The summed E-state index contributed by atoms with van der Waals surface area (Å²) in [6, 6.07) is 10.8. The topological polar surface area (TPSA) is 119 Å². The molecule has 2 bridgehead atoms. The number of benzene rings is 2. The summed E-state index contributed by atoms with van der Waals surface area (Å²) in [6.45, 7) is 3.97. The van der Waals surface area contributed by atoms with E-state index >= 15 is 0 Å². The van der Waals surface area contributed by atoms with Crippen molar-refractivity contribution in [2.75, 3.05) is 44.6 Å². The third-order valence-electron chi connectivity index (χ3n) is 11.1. The molecule has 2 fully saturated rings. The van der Waals surface area contributed by atoms with E-state index in [2.05, 4.69) is 43.6 Å². The molecule has 8 atom stereocenters. The quantitative estimate of drug-likeness (QED) is 0.371. The zero-order valence-electron chi connectivity index (χ0n) is 28.5. The Bertz CT molecular complexity index is 1760. The molecule has 0 unspecified atom stereocenters. The summed E-state index contributed by atoms with van der Waals surface area (Å²) < 4.78 is 39.1. The fourth-order valence-electron chi connectivity index (χ4n) is 8.29. The first-order valence-electron chi connectivity index (χ1n) is 17.5. The predicted molar refractivity (Wildman–Crippen MR) is 191 cm³/mol. The number of carbonyl (C=O) groups excluding carboxylic acids is 2. The van der Waals surface area contributed by atoms with Crippen molar-refractivity contribution in [2.24, 2.45) is 22.1 Å². The van der Waals surface area contributed by atoms with Gasteiger partial charge in [-0.2, -0.15) is 0 Å². The Labute approximate surface area is 294 Å². The molecule has 2 saturated carbocycles. The van der Waals surface area contributed by atoms with E-state index in [0.29, 0.717) is 42.6 Å². The van der Waals surface area contributed by atoms with Crippen molar-refractivity contribution in [1.82, 2.24) is 10.0 Å². The van der Waals surface area contributed by atoms with Crippen LogP contribution in [-0.2, 0) is 31.2 Å². The highest BCUT2D eigenvalue weighted by molar-refractivity contribution is 7.92. The molecule has 2 aliphatic heterocycles. The molecule has 2 heterocycles. The molecule has 264 valence electrons. The first kappa shape index (κ1) is 34.3. The number of aryl methyl sites for hydroxylation is 1. The number of methoxy groups -OCH3 is 2. The number of ether oxygens (including phenoxy) is 3. The molecule has 49 heavy (non-hydrogen) atoms. The van der Waals surface area contributed by atoms with Crippen molar-refractivity contribution in [3.63, 3.8) is 0 Å². The average Bonchev–Trinajstić information content (AvgIpc) is 3.83. The first-order chi connectivity index (χ1) is 23.6. The Morgan fingerprint density at radius 2 is 2.02 bits per heavy atom. The van der Waals surface area contributed by atoms with Crippen LogP contribution in [0.5, 0.6) is 5.75 Å². The smallest absolute Gasteiger partial charge is 0.327 e. The van der Waals surface area contributed by atoms with Gasteiger partial charge < -0.3 is 24.4 Å². The summed E-state index contributed by atoms with van der Waals surface area (Å²) in [5.41, 5.74) is 3.42. The Morgan fingerprint density at radius 1 is 1.16 bits per heavy atom. The van der Waals surface area contributed by atoms with Gasteiger partial charge in [0.2, 0.25) is 0 Å². The van der Waals surface area contributed by atoms with Gasteiger partial charge in [0.1, 0.15) is 15.7 Å². The van der Waals surface area contributed by atoms with Gasteiger partial charge in [-0.1, -0.05) is 36.7 Å². The second-order valence-electron chi connectivity index (χ2n) is 14.7. The zero-order valence-corrected chi connectivity index (χ0v) is 30.1. The van der Waals surface area contributed by atoms with Gasteiger partial charge in [-0.25, -0.2) is 9.00 Å². The summed E-state index contributed by atoms with van der Waals surface area (Å²) in [5.74, 6) is 0.700. The van der Waals surface area contributed by atoms with E-state index in [0.717, 1.165) is 55.9 Å². The number of fused-ring (bicyclic) bond motifs is 4. The van der Waals surface area contributed by atoms with E-state index in [4.69, 9.17) is 25.8 Å². The second-order valence-corrected chi connectivity index (χ2v) is 17.1. The molecule has 10 nitrogen and oxygen atoms in total. The van der Waals surface area contributed by atoms with E-state index in [1.807, 2.05) is 25.1 Å². The lowest BCUT2D eigenvalue weighted by molar-refractivity contribution is 0.0131. The monoisotopic (exact) mass is 710 g/mol. The number of hydrogen-bond acceptors (Lipinski definition) is 7. The summed E-state index contributed by atoms with van der Waals surface area (Å²) in [5, 5.41) is 3.54. The fourth-order valence-corrected chi connectivity index (χ4v) is 10.3. The van der Waals surface area contributed by atoms with E-state index in [-0.39, 0.29) is 35.3 Å². The number of amides is 3. The molecule has 0 saturated heterocycles. The third-order valence-corrected chi connectivity index (χ3v) is 13.3. The largest absolute Gasteiger partial charge is 0.490 e. The summed E-state index contributed by atoms with van der Waals surface area (Å²) in [6.07, 6.45) is 10.5. The minimum atomic E-state index is -3.48. The van der Waals surface area contributed by atoms with Crippen LogP contribution in [0, 0.1) is 17.8 Å².